The van der Waals surface area contributed by atoms with Gasteiger partial charge in [0, 0.05) is 16.2 Å². The van der Waals surface area contributed by atoms with E-state index in [9.17, 15) is 14.7 Å². The van der Waals surface area contributed by atoms with Crippen molar-refractivity contribution < 1.29 is 14.7 Å². The third kappa shape index (κ3) is 3.07. The van der Waals surface area contributed by atoms with Crippen LogP contribution in [0.1, 0.15) is 11.1 Å². The number of nitrogens with zero attached hydrogens (tertiary/aromatic N) is 1. The third-order valence-electron chi connectivity index (χ3n) is 4.17. The fourth-order valence-corrected chi connectivity index (χ4v) is 3.41. The molecule has 0 saturated carbocycles. The molecule has 0 aliphatic carbocycles. The highest BCUT2D eigenvalue weighted by molar-refractivity contribution is 6.31. The number of benzene rings is 2. The van der Waals surface area contributed by atoms with Crippen LogP contribution in [0.4, 0.5) is 4.79 Å². The lowest BCUT2D eigenvalue weighted by Gasteiger charge is -2.42. The fraction of sp³-hybridized carbons (Fsp3) is 0.0526. The van der Waals surface area contributed by atoms with Gasteiger partial charge in [-0.25, -0.2) is 9.59 Å². The second-order valence-electron chi connectivity index (χ2n) is 5.72. The SMILES string of the molecule is NC(=O)N1C=C(C(=O)O)C=CC1(c1cccc(Cl)c1)c1cccc(Cl)c1. The van der Waals surface area contributed by atoms with Gasteiger partial charge < -0.3 is 10.8 Å². The zero-order valence-corrected chi connectivity index (χ0v) is 14.9. The molecule has 0 unspecified atom stereocenters. The molecule has 1 aliphatic rings. The summed E-state index contributed by atoms with van der Waals surface area (Å²) in [6.45, 7) is 0. The van der Waals surface area contributed by atoms with Gasteiger partial charge in [0.25, 0.3) is 0 Å². The van der Waals surface area contributed by atoms with Crippen molar-refractivity contribution in [2.45, 2.75) is 5.54 Å². The molecule has 1 heterocycles. The molecular weight excluding hydrogens is 375 g/mol. The number of halogens is 2. The molecule has 5 nitrogen and oxygen atoms in total. The van der Waals surface area contributed by atoms with E-state index in [1.165, 1.54) is 17.2 Å². The van der Waals surface area contributed by atoms with Gasteiger partial charge in [0.15, 0.2) is 0 Å². The Balaban J connectivity index is 2.33. The number of carboxylic acids is 1. The molecule has 7 heteroatoms. The van der Waals surface area contributed by atoms with E-state index in [1.807, 2.05) is 0 Å². The molecule has 0 fully saturated rings. The number of rotatable bonds is 3. The predicted octanol–water partition coefficient (Wildman–Crippen LogP) is 4.16. The number of aliphatic carboxylic acids is 1. The molecule has 2 aromatic carbocycles. The maximum atomic E-state index is 12.3. The van der Waals surface area contributed by atoms with Crippen LogP contribution in [0.3, 0.4) is 0 Å². The van der Waals surface area contributed by atoms with E-state index in [-0.39, 0.29) is 5.57 Å². The molecule has 3 N–H and O–H groups in total. The Hall–Kier alpha value is -2.76. The minimum atomic E-state index is -1.18. The molecule has 0 atom stereocenters. The van der Waals surface area contributed by atoms with Gasteiger partial charge in [-0.05, 0) is 47.5 Å². The molecule has 132 valence electrons. The highest BCUT2D eigenvalue weighted by atomic mass is 35.5. The zero-order chi connectivity index (χ0) is 18.9. The van der Waals surface area contributed by atoms with E-state index in [2.05, 4.69) is 0 Å². The monoisotopic (exact) mass is 388 g/mol. The Morgan fingerprint density at radius 1 is 1.00 bits per heavy atom. The molecular formula is C19H14Cl2N2O3. The highest BCUT2D eigenvalue weighted by Crippen LogP contribution is 2.42. The Kier molecular flexibility index (Phi) is 4.76. The van der Waals surface area contributed by atoms with E-state index < -0.39 is 17.5 Å². The van der Waals surface area contributed by atoms with Crippen LogP contribution in [0.2, 0.25) is 10.0 Å². The summed E-state index contributed by atoms with van der Waals surface area (Å²) in [4.78, 5) is 24.8. The molecule has 2 aromatic rings. The van der Waals surface area contributed by atoms with Crippen molar-refractivity contribution in [3.63, 3.8) is 0 Å². The van der Waals surface area contributed by atoms with Gasteiger partial charge in [-0.3, -0.25) is 4.90 Å². The van der Waals surface area contributed by atoms with E-state index in [0.29, 0.717) is 21.2 Å². The molecule has 0 radical (unpaired) electrons. The van der Waals surface area contributed by atoms with Crippen molar-refractivity contribution in [1.29, 1.82) is 0 Å². The number of carbonyl (C=O) groups excluding carboxylic acids is 1. The first-order valence-electron chi connectivity index (χ1n) is 7.60. The first-order chi connectivity index (χ1) is 12.3. The first-order valence-corrected chi connectivity index (χ1v) is 8.35. The van der Waals surface area contributed by atoms with Crippen molar-refractivity contribution in [3.05, 3.63) is 93.6 Å². The Morgan fingerprint density at radius 2 is 1.54 bits per heavy atom. The van der Waals surface area contributed by atoms with Crippen molar-refractivity contribution in [2.75, 3.05) is 0 Å². The van der Waals surface area contributed by atoms with Gasteiger partial charge in [-0.2, -0.15) is 0 Å². The fourth-order valence-electron chi connectivity index (χ4n) is 3.03. The number of carboxylic acid groups (broad SMARTS) is 1. The summed E-state index contributed by atoms with van der Waals surface area (Å²) < 4.78 is 0. The molecule has 26 heavy (non-hydrogen) atoms. The number of primary amides is 1. The van der Waals surface area contributed by atoms with Crippen molar-refractivity contribution in [2.24, 2.45) is 5.73 Å². The van der Waals surface area contributed by atoms with Crippen LogP contribution in [-0.2, 0) is 10.3 Å². The summed E-state index contributed by atoms with van der Waals surface area (Å²) in [5.41, 5.74) is 5.64. The highest BCUT2D eigenvalue weighted by Gasteiger charge is 2.42. The topological polar surface area (TPSA) is 83.6 Å². The number of carbonyl (C=O) groups is 2. The average Bonchev–Trinajstić information content (AvgIpc) is 2.61. The number of amides is 2. The normalized spacial score (nSPS) is 15.5. The maximum Gasteiger partial charge on any atom is 0.337 e. The Morgan fingerprint density at radius 3 is 1.96 bits per heavy atom. The number of nitrogens with two attached hydrogens (primary N) is 1. The third-order valence-corrected chi connectivity index (χ3v) is 4.64. The summed E-state index contributed by atoms with van der Waals surface area (Å²) in [7, 11) is 0. The molecule has 0 spiro atoms. The molecule has 0 aromatic heterocycles. The lowest BCUT2D eigenvalue weighted by atomic mass is 9.79. The lowest BCUT2D eigenvalue weighted by Crippen LogP contribution is -2.50. The van der Waals surface area contributed by atoms with Gasteiger partial charge in [0.05, 0.1) is 5.57 Å². The van der Waals surface area contributed by atoms with E-state index in [0.717, 1.165) is 0 Å². The van der Waals surface area contributed by atoms with Gasteiger partial charge in [0.1, 0.15) is 5.54 Å². The van der Waals surface area contributed by atoms with E-state index >= 15 is 0 Å². The van der Waals surface area contributed by atoms with Crippen molar-refractivity contribution >= 4 is 35.2 Å². The molecule has 0 bridgehead atoms. The Labute approximate surface area is 159 Å². The van der Waals surface area contributed by atoms with Gasteiger partial charge in [0.2, 0.25) is 0 Å². The van der Waals surface area contributed by atoms with E-state index in [1.54, 1.807) is 54.6 Å². The van der Waals surface area contributed by atoms with Crippen LogP contribution < -0.4 is 5.73 Å². The largest absolute Gasteiger partial charge is 0.478 e. The summed E-state index contributed by atoms with van der Waals surface area (Å²) in [5, 5.41) is 10.2. The molecule has 0 saturated heterocycles. The van der Waals surface area contributed by atoms with Crippen molar-refractivity contribution in [1.82, 2.24) is 4.90 Å². The average molecular weight is 389 g/mol. The maximum absolute atomic E-state index is 12.3. The zero-order valence-electron chi connectivity index (χ0n) is 13.4. The number of hydrogen-bond acceptors (Lipinski definition) is 2. The second kappa shape index (κ2) is 6.86. The quantitative estimate of drug-likeness (QED) is 0.827. The van der Waals surface area contributed by atoms with Crippen LogP contribution in [0.15, 0.2) is 72.5 Å². The van der Waals surface area contributed by atoms with Gasteiger partial charge in [-0.1, -0.05) is 47.5 Å². The van der Waals surface area contributed by atoms with E-state index in [4.69, 9.17) is 28.9 Å². The molecule has 3 rings (SSSR count). The second-order valence-corrected chi connectivity index (χ2v) is 6.59. The minimum Gasteiger partial charge on any atom is -0.478 e. The summed E-state index contributed by atoms with van der Waals surface area (Å²) >= 11 is 12.3. The Bertz CT molecular complexity index is 908. The first kappa shape index (κ1) is 18.0. The predicted molar refractivity (Wildman–Crippen MR) is 100.0 cm³/mol. The number of hydrogen-bond donors (Lipinski definition) is 2. The summed E-state index contributed by atoms with van der Waals surface area (Å²) in [6.07, 6.45) is 4.26. The standard InChI is InChI=1S/C19H14Cl2N2O3/c20-15-5-1-3-13(9-15)19(14-4-2-6-16(21)10-14)8-7-12(17(24)25)11-23(19)18(22)26/h1-11H,(H2,22,26)(H,24,25). The summed E-state index contributed by atoms with van der Waals surface area (Å²) in [5.74, 6) is -1.17. The van der Waals surface area contributed by atoms with Crippen LogP contribution in [0.25, 0.3) is 0 Å². The van der Waals surface area contributed by atoms with Gasteiger partial charge >= 0.3 is 12.0 Å². The van der Waals surface area contributed by atoms with Crippen molar-refractivity contribution in [3.8, 4) is 0 Å². The molecule has 1 aliphatic heterocycles. The lowest BCUT2D eigenvalue weighted by molar-refractivity contribution is -0.132. The van der Waals surface area contributed by atoms with Crippen LogP contribution in [-0.4, -0.2) is 22.0 Å². The number of urea groups is 1. The minimum absolute atomic E-state index is 0.0662. The van der Waals surface area contributed by atoms with Gasteiger partial charge in [-0.15, -0.1) is 0 Å². The van der Waals surface area contributed by atoms with Crippen LogP contribution in [0, 0.1) is 0 Å². The van der Waals surface area contributed by atoms with Crippen LogP contribution >= 0.6 is 23.2 Å². The molecule has 2 amide bonds. The summed E-state index contributed by atoms with van der Waals surface area (Å²) in [6, 6.07) is 13.0. The smallest absolute Gasteiger partial charge is 0.337 e. The van der Waals surface area contributed by atoms with Crippen LogP contribution in [0.5, 0.6) is 0 Å².